The third kappa shape index (κ3) is 3.38. The second-order valence-corrected chi connectivity index (χ2v) is 6.30. The van der Waals surface area contributed by atoms with E-state index in [4.69, 9.17) is 15.0 Å². The van der Waals surface area contributed by atoms with E-state index < -0.39 is 0 Å². The Kier molecular flexibility index (Phi) is 5.16. The average molecular weight is 281 g/mol. The summed E-state index contributed by atoms with van der Waals surface area (Å²) in [6, 6.07) is -0.184. The number of aromatic nitrogens is 2. The van der Waals surface area contributed by atoms with Crippen LogP contribution in [0.4, 0.5) is 0 Å². The van der Waals surface area contributed by atoms with Crippen molar-refractivity contribution < 1.29 is 9.26 Å². The standard InChI is InChI=1S/C15H27N3O2/c1-11(2)10-12(16)13-17-14(18-20-13)15(19-3)8-6-4-5-7-9-15/h11-12H,4-10,16H2,1-3H3/t12-/m1/s1. The molecule has 0 saturated heterocycles. The van der Waals surface area contributed by atoms with Crippen molar-refractivity contribution in [2.75, 3.05) is 7.11 Å². The zero-order chi connectivity index (χ0) is 14.6. The second-order valence-electron chi connectivity index (χ2n) is 6.30. The van der Waals surface area contributed by atoms with Gasteiger partial charge in [0.15, 0.2) is 0 Å². The van der Waals surface area contributed by atoms with Crippen molar-refractivity contribution in [1.29, 1.82) is 0 Å². The molecule has 0 radical (unpaired) electrons. The van der Waals surface area contributed by atoms with Gasteiger partial charge in [-0.25, -0.2) is 0 Å². The minimum Gasteiger partial charge on any atom is -0.370 e. The summed E-state index contributed by atoms with van der Waals surface area (Å²) in [5, 5.41) is 4.16. The molecule has 0 unspecified atom stereocenters. The van der Waals surface area contributed by atoms with Crippen LogP contribution in [0.2, 0.25) is 0 Å². The van der Waals surface area contributed by atoms with Gasteiger partial charge in [0.2, 0.25) is 11.7 Å². The lowest BCUT2D eigenvalue weighted by molar-refractivity contribution is -0.0365. The van der Waals surface area contributed by atoms with Gasteiger partial charge in [-0.3, -0.25) is 0 Å². The summed E-state index contributed by atoms with van der Waals surface area (Å²) in [5.41, 5.74) is 5.74. The second kappa shape index (κ2) is 6.68. The van der Waals surface area contributed by atoms with Crippen LogP contribution in [-0.2, 0) is 10.3 Å². The Balaban J connectivity index is 2.16. The quantitative estimate of drug-likeness (QED) is 0.838. The minimum absolute atomic E-state index is 0.184. The van der Waals surface area contributed by atoms with E-state index in [9.17, 15) is 0 Å². The molecule has 1 aliphatic rings. The number of methoxy groups -OCH3 is 1. The number of nitrogens with zero attached hydrogens (tertiary/aromatic N) is 2. The van der Waals surface area contributed by atoms with E-state index in [1.54, 1.807) is 7.11 Å². The van der Waals surface area contributed by atoms with Crippen LogP contribution in [0.15, 0.2) is 4.52 Å². The molecule has 0 spiro atoms. The van der Waals surface area contributed by atoms with Crippen LogP contribution < -0.4 is 5.73 Å². The first-order valence-electron chi connectivity index (χ1n) is 7.72. The molecule has 0 bridgehead atoms. The lowest BCUT2D eigenvalue weighted by atomic mass is 9.93. The molecule has 1 atom stereocenters. The monoisotopic (exact) mass is 281 g/mol. The molecule has 0 aromatic carbocycles. The van der Waals surface area contributed by atoms with Gasteiger partial charge in [0.05, 0.1) is 6.04 Å². The van der Waals surface area contributed by atoms with Crippen LogP contribution in [0.1, 0.15) is 76.6 Å². The molecule has 114 valence electrons. The molecule has 1 fully saturated rings. The summed E-state index contributed by atoms with van der Waals surface area (Å²) in [7, 11) is 1.75. The molecule has 1 saturated carbocycles. The predicted octanol–water partition coefficient (Wildman–Crippen LogP) is 3.31. The first kappa shape index (κ1) is 15.4. The fourth-order valence-electron chi connectivity index (χ4n) is 3.00. The zero-order valence-electron chi connectivity index (χ0n) is 12.9. The SMILES string of the molecule is COC1(c2noc([C@H](N)CC(C)C)n2)CCCCCC1. The van der Waals surface area contributed by atoms with Crippen LogP contribution in [0, 0.1) is 5.92 Å². The molecule has 5 heteroatoms. The minimum atomic E-state index is -0.379. The van der Waals surface area contributed by atoms with Crippen molar-refractivity contribution in [3.8, 4) is 0 Å². The number of hydrogen-bond donors (Lipinski definition) is 1. The Bertz CT molecular complexity index is 409. The Morgan fingerprint density at radius 3 is 2.45 bits per heavy atom. The van der Waals surface area contributed by atoms with Crippen molar-refractivity contribution in [2.24, 2.45) is 11.7 Å². The molecule has 20 heavy (non-hydrogen) atoms. The zero-order valence-corrected chi connectivity index (χ0v) is 12.9. The predicted molar refractivity (Wildman–Crippen MR) is 77.1 cm³/mol. The van der Waals surface area contributed by atoms with E-state index in [1.807, 2.05) is 0 Å². The maximum Gasteiger partial charge on any atom is 0.243 e. The van der Waals surface area contributed by atoms with E-state index in [2.05, 4.69) is 24.0 Å². The van der Waals surface area contributed by atoms with E-state index in [-0.39, 0.29) is 11.6 Å². The molecule has 0 amide bonds. The molecule has 2 rings (SSSR count). The molecule has 2 N–H and O–H groups in total. The highest BCUT2D eigenvalue weighted by Gasteiger charge is 2.38. The fourth-order valence-corrected chi connectivity index (χ4v) is 3.00. The number of nitrogens with two attached hydrogens (primary N) is 1. The third-order valence-corrected chi connectivity index (χ3v) is 4.19. The molecular formula is C15H27N3O2. The van der Waals surface area contributed by atoms with Gasteiger partial charge >= 0.3 is 0 Å². The largest absolute Gasteiger partial charge is 0.370 e. The van der Waals surface area contributed by atoms with Gasteiger partial charge < -0.3 is 15.0 Å². The summed E-state index contributed by atoms with van der Waals surface area (Å²) in [6.45, 7) is 4.28. The van der Waals surface area contributed by atoms with Gasteiger partial charge in [-0.2, -0.15) is 4.98 Å². The van der Waals surface area contributed by atoms with E-state index >= 15 is 0 Å². The molecular weight excluding hydrogens is 254 g/mol. The topological polar surface area (TPSA) is 74.2 Å². The number of hydrogen-bond acceptors (Lipinski definition) is 5. The molecule has 5 nitrogen and oxygen atoms in total. The van der Waals surface area contributed by atoms with Crippen LogP contribution >= 0.6 is 0 Å². The van der Waals surface area contributed by atoms with Crippen molar-refractivity contribution in [3.63, 3.8) is 0 Å². The molecule has 1 aliphatic carbocycles. The van der Waals surface area contributed by atoms with Crippen molar-refractivity contribution in [3.05, 3.63) is 11.7 Å². The van der Waals surface area contributed by atoms with Crippen LogP contribution in [0.25, 0.3) is 0 Å². The maximum absolute atomic E-state index is 6.12. The molecule has 1 heterocycles. The van der Waals surface area contributed by atoms with Crippen LogP contribution in [-0.4, -0.2) is 17.3 Å². The summed E-state index contributed by atoms with van der Waals surface area (Å²) in [4.78, 5) is 4.54. The van der Waals surface area contributed by atoms with Gasteiger partial charge in [0, 0.05) is 7.11 Å². The van der Waals surface area contributed by atoms with Crippen molar-refractivity contribution in [2.45, 2.75) is 70.4 Å². The van der Waals surface area contributed by atoms with Crippen LogP contribution in [0.3, 0.4) is 0 Å². The first-order valence-corrected chi connectivity index (χ1v) is 7.72. The van der Waals surface area contributed by atoms with Gasteiger partial charge in [-0.05, 0) is 25.2 Å². The van der Waals surface area contributed by atoms with Gasteiger partial charge in [-0.15, -0.1) is 0 Å². The first-order chi connectivity index (χ1) is 9.57. The highest BCUT2D eigenvalue weighted by molar-refractivity contribution is 5.04. The highest BCUT2D eigenvalue weighted by Crippen LogP contribution is 2.37. The average Bonchev–Trinajstić information content (AvgIpc) is 2.78. The van der Waals surface area contributed by atoms with Gasteiger partial charge in [0.1, 0.15) is 5.60 Å². The van der Waals surface area contributed by atoms with E-state index in [1.165, 1.54) is 12.8 Å². The smallest absolute Gasteiger partial charge is 0.243 e. The molecule has 1 aromatic rings. The lowest BCUT2D eigenvalue weighted by Crippen LogP contribution is -2.29. The third-order valence-electron chi connectivity index (χ3n) is 4.19. The van der Waals surface area contributed by atoms with Crippen molar-refractivity contribution >= 4 is 0 Å². The summed E-state index contributed by atoms with van der Waals surface area (Å²) in [6.07, 6.45) is 7.57. The number of ether oxygens (including phenoxy) is 1. The fraction of sp³-hybridized carbons (Fsp3) is 0.867. The Morgan fingerprint density at radius 1 is 1.25 bits per heavy atom. The van der Waals surface area contributed by atoms with E-state index in [0.717, 1.165) is 32.1 Å². The van der Waals surface area contributed by atoms with Gasteiger partial charge in [-0.1, -0.05) is 44.7 Å². The summed E-state index contributed by atoms with van der Waals surface area (Å²) >= 11 is 0. The van der Waals surface area contributed by atoms with Gasteiger partial charge in [0.25, 0.3) is 0 Å². The maximum atomic E-state index is 6.12. The number of rotatable bonds is 5. The van der Waals surface area contributed by atoms with Crippen molar-refractivity contribution in [1.82, 2.24) is 10.1 Å². The van der Waals surface area contributed by atoms with E-state index in [0.29, 0.717) is 17.6 Å². The molecule has 1 aromatic heterocycles. The lowest BCUT2D eigenvalue weighted by Gasteiger charge is -2.27. The Hall–Kier alpha value is -0.940. The Morgan fingerprint density at radius 2 is 1.90 bits per heavy atom. The van der Waals surface area contributed by atoms with Crippen LogP contribution in [0.5, 0.6) is 0 Å². The summed E-state index contributed by atoms with van der Waals surface area (Å²) in [5.74, 6) is 1.72. The highest BCUT2D eigenvalue weighted by atomic mass is 16.5. The molecule has 0 aliphatic heterocycles. The summed E-state index contributed by atoms with van der Waals surface area (Å²) < 4.78 is 11.2. The normalized spacial score (nSPS) is 20.9. The Labute approximate surface area is 121 Å².